The van der Waals surface area contributed by atoms with Crippen LogP contribution in [0.25, 0.3) is 0 Å². The molecule has 1 aromatic heterocycles. The van der Waals surface area contributed by atoms with Crippen LogP contribution in [0.2, 0.25) is 0 Å². The van der Waals surface area contributed by atoms with Gasteiger partial charge in [-0.1, -0.05) is 37.3 Å². The number of aromatic nitrogens is 1. The summed E-state index contributed by atoms with van der Waals surface area (Å²) in [5.41, 5.74) is 1.92. The highest BCUT2D eigenvalue weighted by molar-refractivity contribution is 7.14. The summed E-state index contributed by atoms with van der Waals surface area (Å²) < 4.78 is 0. The molecule has 26 heavy (non-hydrogen) atoms. The second-order valence-electron chi connectivity index (χ2n) is 6.91. The van der Waals surface area contributed by atoms with Crippen LogP contribution in [0.3, 0.4) is 0 Å². The van der Waals surface area contributed by atoms with Gasteiger partial charge in [0.2, 0.25) is 5.91 Å². The lowest BCUT2D eigenvalue weighted by Gasteiger charge is -2.47. The Morgan fingerprint density at radius 2 is 2.15 bits per heavy atom. The van der Waals surface area contributed by atoms with Gasteiger partial charge in [-0.05, 0) is 17.9 Å². The lowest BCUT2D eigenvalue weighted by atomic mass is 9.84. The summed E-state index contributed by atoms with van der Waals surface area (Å²) in [6, 6.07) is 10.2. The van der Waals surface area contributed by atoms with Gasteiger partial charge in [-0.3, -0.25) is 9.69 Å². The fraction of sp³-hybridized carbons (Fsp3) is 0.421. The molecule has 4 rings (SSSR count). The first-order valence-corrected chi connectivity index (χ1v) is 9.85. The van der Waals surface area contributed by atoms with Crippen LogP contribution in [0.5, 0.6) is 0 Å². The van der Waals surface area contributed by atoms with Gasteiger partial charge in [0, 0.05) is 25.0 Å². The first-order valence-electron chi connectivity index (χ1n) is 8.97. The van der Waals surface area contributed by atoms with E-state index in [0.717, 1.165) is 18.7 Å². The van der Waals surface area contributed by atoms with Gasteiger partial charge < -0.3 is 10.2 Å². The summed E-state index contributed by atoms with van der Waals surface area (Å²) in [6.45, 7) is 4.34. The van der Waals surface area contributed by atoms with E-state index in [0.29, 0.717) is 24.1 Å². The zero-order chi connectivity index (χ0) is 18.1. The van der Waals surface area contributed by atoms with E-state index in [4.69, 9.17) is 0 Å². The van der Waals surface area contributed by atoms with Crippen molar-refractivity contribution in [2.45, 2.75) is 25.8 Å². The summed E-state index contributed by atoms with van der Waals surface area (Å²) in [5.74, 6) is 0.557. The van der Waals surface area contributed by atoms with Crippen LogP contribution in [0.15, 0.2) is 35.7 Å². The Labute approximate surface area is 156 Å². The highest BCUT2D eigenvalue weighted by Crippen LogP contribution is 2.38. The Hall–Kier alpha value is -2.41. The van der Waals surface area contributed by atoms with E-state index in [2.05, 4.69) is 29.4 Å². The first kappa shape index (κ1) is 17.0. The number of nitrogens with zero attached hydrogens (tertiary/aromatic N) is 3. The van der Waals surface area contributed by atoms with Crippen molar-refractivity contribution in [3.63, 3.8) is 0 Å². The van der Waals surface area contributed by atoms with Crippen LogP contribution in [0.4, 0.5) is 9.93 Å². The molecule has 6 nitrogen and oxygen atoms in total. The number of nitrogens with one attached hydrogen (secondary N) is 1. The summed E-state index contributed by atoms with van der Waals surface area (Å²) in [7, 11) is 0. The number of likely N-dealkylation sites (tertiary alicyclic amines) is 1. The van der Waals surface area contributed by atoms with Gasteiger partial charge in [0.05, 0.1) is 18.2 Å². The van der Waals surface area contributed by atoms with Gasteiger partial charge in [-0.15, -0.1) is 11.3 Å². The second kappa shape index (κ2) is 7.07. The van der Waals surface area contributed by atoms with E-state index < -0.39 is 0 Å². The molecule has 3 amide bonds. The van der Waals surface area contributed by atoms with E-state index in [9.17, 15) is 9.59 Å². The molecule has 2 aliphatic heterocycles. The predicted octanol–water partition coefficient (Wildman–Crippen LogP) is 2.82. The van der Waals surface area contributed by atoms with E-state index in [1.165, 1.54) is 16.9 Å². The Morgan fingerprint density at radius 3 is 2.88 bits per heavy atom. The molecule has 0 spiro atoms. The van der Waals surface area contributed by atoms with Crippen molar-refractivity contribution in [3.05, 3.63) is 47.0 Å². The number of benzene rings is 1. The van der Waals surface area contributed by atoms with Crippen molar-refractivity contribution < 1.29 is 9.59 Å². The molecule has 136 valence electrons. The fourth-order valence-electron chi connectivity index (χ4n) is 3.68. The molecule has 2 atom stereocenters. The number of amides is 3. The van der Waals surface area contributed by atoms with Gasteiger partial charge in [0.15, 0.2) is 5.13 Å². The Bertz CT molecular complexity index is 807. The monoisotopic (exact) mass is 370 g/mol. The fourth-order valence-corrected chi connectivity index (χ4v) is 4.53. The average Bonchev–Trinajstić information content (AvgIpc) is 3.09. The topological polar surface area (TPSA) is 65.5 Å². The van der Waals surface area contributed by atoms with Crippen molar-refractivity contribution in [1.29, 1.82) is 0 Å². The molecular weight excluding hydrogens is 348 g/mol. The smallest absolute Gasteiger partial charge is 0.323 e. The predicted molar refractivity (Wildman–Crippen MR) is 101 cm³/mol. The SMILES string of the molecule is CC1CN(C(=O)Cc2csc(N3CCCNC3=O)n2)C1c1ccccc1. The summed E-state index contributed by atoms with van der Waals surface area (Å²) in [6.07, 6.45) is 1.19. The van der Waals surface area contributed by atoms with Crippen molar-refractivity contribution in [3.8, 4) is 0 Å². The van der Waals surface area contributed by atoms with E-state index in [-0.39, 0.29) is 24.4 Å². The van der Waals surface area contributed by atoms with Gasteiger partial charge in [-0.25, -0.2) is 9.78 Å². The standard InChI is InChI=1S/C19H22N4O2S/c1-13-11-23(17(13)14-6-3-2-4-7-14)16(24)10-15-12-26-19(21-15)22-9-5-8-20-18(22)25/h2-4,6-7,12-13,17H,5,8-11H2,1H3,(H,20,25). The van der Waals surface area contributed by atoms with Crippen LogP contribution in [0, 0.1) is 5.92 Å². The van der Waals surface area contributed by atoms with Crippen LogP contribution in [0.1, 0.15) is 30.6 Å². The van der Waals surface area contributed by atoms with Gasteiger partial charge >= 0.3 is 6.03 Å². The number of hydrogen-bond acceptors (Lipinski definition) is 4. The number of carbonyl (C=O) groups excluding carboxylic acids is 2. The summed E-state index contributed by atoms with van der Waals surface area (Å²) in [4.78, 5) is 32.8. The zero-order valence-electron chi connectivity index (χ0n) is 14.7. The number of rotatable bonds is 4. The Balaban J connectivity index is 1.43. The molecule has 2 unspecified atom stereocenters. The van der Waals surface area contributed by atoms with Crippen LogP contribution in [-0.4, -0.2) is 41.5 Å². The summed E-state index contributed by atoms with van der Waals surface area (Å²) in [5, 5.41) is 5.38. The molecule has 1 N–H and O–H groups in total. The Morgan fingerprint density at radius 1 is 1.35 bits per heavy atom. The highest BCUT2D eigenvalue weighted by atomic mass is 32.1. The average molecular weight is 370 g/mol. The molecule has 2 aromatic rings. The number of hydrogen-bond donors (Lipinski definition) is 1. The van der Waals surface area contributed by atoms with Crippen molar-refractivity contribution in [2.24, 2.45) is 5.92 Å². The maximum Gasteiger partial charge on any atom is 0.323 e. The van der Waals surface area contributed by atoms with E-state index >= 15 is 0 Å². The minimum atomic E-state index is -0.107. The number of carbonyl (C=O) groups is 2. The van der Waals surface area contributed by atoms with E-state index in [1.807, 2.05) is 28.5 Å². The molecule has 2 fully saturated rings. The molecule has 1 aromatic carbocycles. The normalized spacial score (nSPS) is 22.7. The van der Waals surface area contributed by atoms with Crippen LogP contribution in [-0.2, 0) is 11.2 Å². The lowest BCUT2D eigenvalue weighted by Crippen LogP contribution is -2.52. The molecule has 7 heteroatoms. The zero-order valence-corrected chi connectivity index (χ0v) is 15.5. The Kier molecular flexibility index (Phi) is 4.63. The molecule has 0 aliphatic carbocycles. The highest BCUT2D eigenvalue weighted by Gasteiger charge is 2.39. The van der Waals surface area contributed by atoms with Crippen LogP contribution < -0.4 is 10.2 Å². The van der Waals surface area contributed by atoms with Crippen molar-refractivity contribution in [2.75, 3.05) is 24.5 Å². The lowest BCUT2D eigenvalue weighted by molar-refractivity contribution is -0.142. The minimum Gasteiger partial charge on any atom is -0.338 e. The van der Waals surface area contributed by atoms with Gasteiger partial charge in [-0.2, -0.15) is 0 Å². The third-order valence-corrected chi connectivity index (χ3v) is 5.92. The largest absolute Gasteiger partial charge is 0.338 e. The van der Waals surface area contributed by atoms with Gasteiger partial charge in [0.25, 0.3) is 0 Å². The molecule has 0 radical (unpaired) electrons. The number of urea groups is 1. The molecule has 0 saturated carbocycles. The van der Waals surface area contributed by atoms with Gasteiger partial charge in [0.1, 0.15) is 0 Å². The first-order chi connectivity index (χ1) is 12.6. The summed E-state index contributed by atoms with van der Waals surface area (Å²) >= 11 is 1.42. The maximum atomic E-state index is 12.8. The third-order valence-electron chi connectivity index (χ3n) is 5.00. The molecule has 2 aliphatic rings. The molecule has 2 saturated heterocycles. The van der Waals surface area contributed by atoms with Crippen molar-refractivity contribution >= 4 is 28.4 Å². The number of thiazole rings is 1. The molecular formula is C19H22N4O2S. The third kappa shape index (κ3) is 3.19. The maximum absolute atomic E-state index is 12.8. The molecule has 3 heterocycles. The van der Waals surface area contributed by atoms with Crippen LogP contribution >= 0.6 is 11.3 Å². The van der Waals surface area contributed by atoms with E-state index in [1.54, 1.807) is 4.90 Å². The second-order valence-corrected chi connectivity index (χ2v) is 7.75. The molecule has 0 bridgehead atoms. The number of anilines is 1. The van der Waals surface area contributed by atoms with Crippen molar-refractivity contribution in [1.82, 2.24) is 15.2 Å². The minimum absolute atomic E-state index is 0.0944. The quantitative estimate of drug-likeness (QED) is 0.900.